The van der Waals surface area contributed by atoms with Crippen LogP contribution in [-0.4, -0.2) is 24.7 Å². The Kier molecular flexibility index (Phi) is 6.19. The molecule has 0 bridgehead atoms. The molecule has 1 rings (SSSR count). The number of hydrogen-bond acceptors (Lipinski definition) is 3. The van der Waals surface area contributed by atoms with E-state index in [-0.39, 0.29) is 0 Å². The second-order valence-electron chi connectivity index (χ2n) is 3.88. The number of ether oxygens (including phenoxy) is 1. The summed E-state index contributed by atoms with van der Waals surface area (Å²) in [5, 5.41) is 3.97. The molecule has 1 aromatic heterocycles. The largest absolute Gasteiger partial charge is 0.476 e. The lowest BCUT2D eigenvalue weighted by Crippen LogP contribution is -2.25. The maximum absolute atomic E-state index is 5.72. The summed E-state index contributed by atoms with van der Waals surface area (Å²) in [6, 6.07) is 3.55. The summed E-state index contributed by atoms with van der Waals surface area (Å²) in [5.41, 5.74) is 0. The summed E-state index contributed by atoms with van der Waals surface area (Å²) in [6.07, 6.45) is 2.79. The van der Waals surface area contributed by atoms with Gasteiger partial charge in [-0.15, -0.1) is 0 Å². The van der Waals surface area contributed by atoms with Crippen molar-refractivity contribution < 1.29 is 4.74 Å². The highest BCUT2D eigenvalue weighted by Crippen LogP contribution is 2.10. The van der Waals surface area contributed by atoms with Gasteiger partial charge in [-0.05, 0) is 18.5 Å². The third-order valence-corrected chi connectivity index (χ3v) is 2.64. The molecule has 0 aromatic carbocycles. The minimum absolute atomic E-state index is 0.620. The van der Waals surface area contributed by atoms with Gasteiger partial charge in [-0.2, -0.15) is 0 Å². The van der Waals surface area contributed by atoms with E-state index < -0.39 is 0 Å². The van der Waals surface area contributed by atoms with Crippen molar-refractivity contribution in [3.05, 3.63) is 23.4 Å². The van der Waals surface area contributed by atoms with Crippen molar-refractivity contribution >= 4 is 11.6 Å². The molecule has 1 atom stereocenters. The van der Waals surface area contributed by atoms with Crippen molar-refractivity contribution in [1.82, 2.24) is 10.3 Å². The standard InChI is InChI=1S/C12H19ClN2O/c1-3-10(2)8-14-6-7-16-12-5-4-11(13)9-15-12/h4-5,9-10,14H,3,6-8H2,1-2H3. The summed E-state index contributed by atoms with van der Waals surface area (Å²) in [5.74, 6) is 1.34. The number of halogens is 1. The number of rotatable bonds is 7. The van der Waals surface area contributed by atoms with Crippen molar-refractivity contribution in [2.75, 3.05) is 19.7 Å². The zero-order valence-corrected chi connectivity index (χ0v) is 10.6. The van der Waals surface area contributed by atoms with E-state index in [2.05, 4.69) is 24.1 Å². The molecule has 0 radical (unpaired) electrons. The van der Waals surface area contributed by atoms with Gasteiger partial charge in [0.05, 0.1) is 5.02 Å². The van der Waals surface area contributed by atoms with Gasteiger partial charge in [0, 0.05) is 18.8 Å². The van der Waals surface area contributed by atoms with Crippen molar-refractivity contribution in [3.8, 4) is 5.88 Å². The van der Waals surface area contributed by atoms with Gasteiger partial charge >= 0.3 is 0 Å². The number of aromatic nitrogens is 1. The highest BCUT2D eigenvalue weighted by atomic mass is 35.5. The third-order valence-electron chi connectivity index (χ3n) is 2.42. The van der Waals surface area contributed by atoms with E-state index >= 15 is 0 Å². The van der Waals surface area contributed by atoms with Crippen LogP contribution in [0.1, 0.15) is 20.3 Å². The molecule has 0 saturated heterocycles. The average Bonchev–Trinajstić information content (AvgIpc) is 2.31. The molecule has 1 aromatic rings. The van der Waals surface area contributed by atoms with Gasteiger partial charge in [-0.3, -0.25) is 0 Å². The van der Waals surface area contributed by atoms with Crippen LogP contribution in [0.2, 0.25) is 5.02 Å². The molecule has 1 N–H and O–H groups in total. The second-order valence-corrected chi connectivity index (χ2v) is 4.32. The van der Waals surface area contributed by atoms with Gasteiger partial charge < -0.3 is 10.1 Å². The van der Waals surface area contributed by atoms with E-state index in [0.29, 0.717) is 23.4 Å². The lowest BCUT2D eigenvalue weighted by molar-refractivity contribution is 0.298. The first-order valence-corrected chi connectivity index (χ1v) is 6.05. The van der Waals surface area contributed by atoms with E-state index in [1.54, 1.807) is 18.3 Å². The van der Waals surface area contributed by atoms with Crippen LogP contribution < -0.4 is 10.1 Å². The molecule has 90 valence electrons. The Morgan fingerprint density at radius 2 is 2.31 bits per heavy atom. The average molecular weight is 243 g/mol. The minimum atomic E-state index is 0.620. The molecular weight excluding hydrogens is 224 g/mol. The second kappa shape index (κ2) is 7.47. The van der Waals surface area contributed by atoms with E-state index in [4.69, 9.17) is 16.3 Å². The smallest absolute Gasteiger partial charge is 0.213 e. The van der Waals surface area contributed by atoms with E-state index in [9.17, 15) is 0 Å². The quantitative estimate of drug-likeness (QED) is 0.747. The molecule has 0 saturated carbocycles. The molecular formula is C12H19ClN2O. The molecule has 0 spiro atoms. The van der Waals surface area contributed by atoms with Crippen LogP contribution in [0.4, 0.5) is 0 Å². The van der Waals surface area contributed by atoms with Gasteiger partial charge in [0.2, 0.25) is 5.88 Å². The van der Waals surface area contributed by atoms with Crippen LogP contribution >= 0.6 is 11.6 Å². The van der Waals surface area contributed by atoms with Crippen molar-refractivity contribution in [3.63, 3.8) is 0 Å². The predicted molar refractivity (Wildman–Crippen MR) is 67.1 cm³/mol. The van der Waals surface area contributed by atoms with Crippen LogP contribution in [0.5, 0.6) is 5.88 Å². The normalized spacial score (nSPS) is 12.4. The first kappa shape index (κ1) is 13.3. The van der Waals surface area contributed by atoms with Crippen molar-refractivity contribution in [2.45, 2.75) is 20.3 Å². The van der Waals surface area contributed by atoms with Crippen LogP contribution in [0.3, 0.4) is 0 Å². The van der Waals surface area contributed by atoms with Crippen molar-refractivity contribution in [1.29, 1.82) is 0 Å². The maximum Gasteiger partial charge on any atom is 0.213 e. The monoisotopic (exact) mass is 242 g/mol. The fraction of sp³-hybridized carbons (Fsp3) is 0.583. The van der Waals surface area contributed by atoms with Crippen LogP contribution in [0, 0.1) is 5.92 Å². The Bertz CT molecular complexity index is 290. The first-order chi connectivity index (χ1) is 7.72. The maximum atomic E-state index is 5.72. The topological polar surface area (TPSA) is 34.1 Å². The lowest BCUT2D eigenvalue weighted by atomic mass is 10.1. The summed E-state index contributed by atoms with van der Waals surface area (Å²) in [7, 11) is 0. The van der Waals surface area contributed by atoms with Crippen LogP contribution in [0.25, 0.3) is 0 Å². The molecule has 3 nitrogen and oxygen atoms in total. The number of nitrogens with one attached hydrogen (secondary N) is 1. The highest BCUT2D eigenvalue weighted by Gasteiger charge is 1.98. The SMILES string of the molecule is CCC(C)CNCCOc1ccc(Cl)cn1. The fourth-order valence-corrected chi connectivity index (χ4v) is 1.28. The third kappa shape index (κ3) is 5.33. The minimum Gasteiger partial charge on any atom is -0.476 e. The summed E-state index contributed by atoms with van der Waals surface area (Å²) < 4.78 is 5.44. The van der Waals surface area contributed by atoms with Crippen LogP contribution in [0.15, 0.2) is 18.3 Å². The Hall–Kier alpha value is -0.800. The summed E-state index contributed by atoms with van der Waals surface area (Å²) in [6.45, 7) is 6.93. The molecule has 0 fully saturated rings. The van der Waals surface area contributed by atoms with Gasteiger partial charge in [0.15, 0.2) is 0 Å². The Morgan fingerprint density at radius 1 is 1.50 bits per heavy atom. The molecule has 1 unspecified atom stereocenters. The first-order valence-electron chi connectivity index (χ1n) is 5.67. The Morgan fingerprint density at radius 3 is 2.94 bits per heavy atom. The van der Waals surface area contributed by atoms with Gasteiger partial charge in [0.25, 0.3) is 0 Å². The summed E-state index contributed by atoms with van der Waals surface area (Å²) in [4.78, 5) is 4.05. The lowest BCUT2D eigenvalue weighted by Gasteiger charge is -2.10. The predicted octanol–water partition coefficient (Wildman–Crippen LogP) is 2.75. The molecule has 0 amide bonds. The zero-order valence-electron chi connectivity index (χ0n) is 9.87. The van der Waals surface area contributed by atoms with Gasteiger partial charge in [-0.25, -0.2) is 4.98 Å². The van der Waals surface area contributed by atoms with E-state index in [1.165, 1.54) is 6.42 Å². The highest BCUT2D eigenvalue weighted by molar-refractivity contribution is 6.30. The van der Waals surface area contributed by atoms with E-state index in [0.717, 1.165) is 13.1 Å². The van der Waals surface area contributed by atoms with E-state index in [1.807, 2.05) is 0 Å². The van der Waals surface area contributed by atoms with Crippen LogP contribution in [-0.2, 0) is 0 Å². The zero-order chi connectivity index (χ0) is 11.8. The molecule has 1 heterocycles. The molecule has 0 aliphatic heterocycles. The molecule has 16 heavy (non-hydrogen) atoms. The number of hydrogen-bond donors (Lipinski definition) is 1. The Labute approximate surface area is 102 Å². The molecule has 0 aliphatic rings. The molecule has 4 heteroatoms. The Balaban J connectivity index is 2.09. The van der Waals surface area contributed by atoms with Crippen molar-refractivity contribution in [2.24, 2.45) is 5.92 Å². The fourth-order valence-electron chi connectivity index (χ4n) is 1.17. The van der Waals surface area contributed by atoms with Gasteiger partial charge in [0.1, 0.15) is 6.61 Å². The number of pyridine rings is 1. The molecule has 0 aliphatic carbocycles. The van der Waals surface area contributed by atoms with Gasteiger partial charge in [-0.1, -0.05) is 31.9 Å². The summed E-state index contributed by atoms with van der Waals surface area (Å²) >= 11 is 5.72. The number of nitrogens with zero attached hydrogens (tertiary/aromatic N) is 1.